The molecule has 0 aliphatic carbocycles. The summed E-state index contributed by atoms with van der Waals surface area (Å²) in [5.41, 5.74) is 1.90. The van der Waals surface area contributed by atoms with Crippen LogP contribution in [0.25, 0.3) is 53.3 Å². The lowest BCUT2D eigenvalue weighted by Gasteiger charge is -2.18. The van der Waals surface area contributed by atoms with Crippen LogP contribution in [0.3, 0.4) is 0 Å². The van der Waals surface area contributed by atoms with Gasteiger partial charge in [0.25, 0.3) is 0 Å². The van der Waals surface area contributed by atoms with Gasteiger partial charge in [-0.1, -0.05) is 78.9 Å². The SMILES string of the molecule is Cc1nc2cc(Oc3c(O)cc4c(ccc5c4ccc4c6ccccc6ccc45)c3CCCCOc3ccccc3)ccc2s1. The molecule has 0 spiro atoms. The molecular weight excluding hydrogens is 575 g/mol. The summed E-state index contributed by atoms with van der Waals surface area (Å²) in [6, 6.07) is 39.5. The molecule has 5 heteroatoms. The van der Waals surface area contributed by atoms with Crippen LogP contribution in [0.4, 0.5) is 0 Å². The van der Waals surface area contributed by atoms with Gasteiger partial charge >= 0.3 is 0 Å². The van der Waals surface area contributed by atoms with E-state index in [0.717, 1.165) is 62.0 Å². The molecule has 0 aliphatic heterocycles. The minimum atomic E-state index is 0.138. The van der Waals surface area contributed by atoms with Gasteiger partial charge in [-0.2, -0.15) is 0 Å². The monoisotopic (exact) mass is 605 g/mol. The summed E-state index contributed by atoms with van der Waals surface area (Å²) in [6.07, 6.45) is 2.49. The molecule has 0 saturated carbocycles. The van der Waals surface area contributed by atoms with E-state index in [-0.39, 0.29) is 5.75 Å². The molecule has 0 amide bonds. The first-order chi connectivity index (χ1) is 22.1. The lowest BCUT2D eigenvalue weighted by Crippen LogP contribution is -2.00. The second-order valence-electron chi connectivity index (χ2n) is 11.5. The van der Waals surface area contributed by atoms with Gasteiger partial charge in [-0.3, -0.25) is 0 Å². The van der Waals surface area contributed by atoms with Gasteiger partial charge < -0.3 is 14.6 Å². The van der Waals surface area contributed by atoms with Crippen LogP contribution in [-0.4, -0.2) is 16.7 Å². The third-order valence-corrected chi connectivity index (χ3v) is 9.55. The lowest BCUT2D eigenvalue weighted by molar-refractivity contribution is 0.306. The molecule has 0 aliphatic rings. The van der Waals surface area contributed by atoms with E-state index in [4.69, 9.17) is 9.47 Å². The second-order valence-corrected chi connectivity index (χ2v) is 12.7. The summed E-state index contributed by atoms with van der Waals surface area (Å²) in [4.78, 5) is 4.65. The van der Waals surface area contributed by atoms with Crippen LogP contribution in [0.15, 0.2) is 115 Å². The predicted octanol–water partition coefficient (Wildman–Crippen LogP) is 11.1. The molecule has 1 heterocycles. The smallest absolute Gasteiger partial charge is 0.172 e. The van der Waals surface area contributed by atoms with Crippen LogP contribution >= 0.6 is 11.3 Å². The number of para-hydroxylation sites is 1. The third kappa shape index (κ3) is 5.09. The lowest BCUT2D eigenvalue weighted by atomic mass is 9.91. The van der Waals surface area contributed by atoms with E-state index in [9.17, 15) is 5.11 Å². The summed E-state index contributed by atoms with van der Waals surface area (Å²) in [5.74, 6) is 2.18. The zero-order chi connectivity index (χ0) is 30.3. The summed E-state index contributed by atoms with van der Waals surface area (Å²) in [5, 5.41) is 21.9. The molecule has 1 aromatic heterocycles. The normalized spacial score (nSPS) is 11.7. The Kier molecular flexibility index (Phi) is 6.96. The maximum Gasteiger partial charge on any atom is 0.172 e. The minimum absolute atomic E-state index is 0.138. The van der Waals surface area contributed by atoms with Gasteiger partial charge in [0.1, 0.15) is 11.5 Å². The largest absolute Gasteiger partial charge is 0.504 e. The predicted molar refractivity (Wildman–Crippen MR) is 187 cm³/mol. The number of fused-ring (bicyclic) bond motifs is 8. The van der Waals surface area contributed by atoms with Gasteiger partial charge in [0.15, 0.2) is 11.5 Å². The molecule has 0 saturated heterocycles. The van der Waals surface area contributed by atoms with Crippen molar-refractivity contribution in [1.82, 2.24) is 4.98 Å². The van der Waals surface area contributed by atoms with Crippen LogP contribution in [0.1, 0.15) is 23.4 Å². The molecule has 220 valence electrons. The van der Waals surface area contributed by atoms with Crippen molar-refractivity contribution >= 4 is 64.6 Å². The van der Waals surface area contributed by atoms with Gasteiger partial charge in [0, 0.05) is 11.6 Å². The van der Waals surface area contributed by atoms with Gasteiger partial charge in [0.2, 0.25) is 0 Å². The average molecular weight is 606 g/mol. The summed E-state index contributed by atoms with van der Waals surface area (Å²) < 4.78 is 13.6. The highest BCUT2D eigenvalue weighted by atomic mass is 32.1. The number of aromatic nitrogens is 1. The summed E-state index contributed by atoms with van der Waals surface area (Å²) in [6.45, 7) is 2.63. The average Bonchev–Trinajstić information content (AvgIpc) is 3.45. The highest BCUT2D eigenvalue weighted by Crippen LogP contribution is 2.44. The first-order valence-electron chi connectivity index (χ1n) is 15.4. The van der Waals surface area contributed by atoms with Gasteiger partial charge in [-0.15, -0.1) is 11.3 Å². The maximum absolute atomic E-state index is 11.6. The van der Waals surface area contributed by atoms with Crippen LogP contribution in [0, 0.1) is 6.92 Å². The minimum Gasteiger partial charge on any atom is -0.504 e. The number of phenolic OH excluding ortho intramolecular Hbond substituents is 1. The van der Waals surface area contributed by atoms with E-state index >= 15 is 0 Å². The molecule has 0 unspecified atom stereocenters. The van der Waals surface area contributed by atoms with Crippen molar-refractivity contribution in [1.29, 1.82) is 0 Å². The molecule has 4 nitrogen and oxygen atoms in total. The number of aromatic hydroxyl groups is 1. The standard InChI is InChI=1S/C40H31NO3S/c1-25-41-37-23-28(15-21-39(37)45-25)44-40-35(13-7-8-22-43-27-10-3-2-4-11-27)34-20-18-32-31-16-14-26-9-5-6-12-29(26)30(31)17-19-33(32)36(34)24-38(40)42/h2-6,9-12,14-21,23-24,42H,7-8,13,22H2,1H3. The number of hydrogen-bond acceptors (Lipinski definition) is 5. The fourth-order valence-corrected chi connectivity index (χ4v) is 7.31. The van der Waals surface area contributed by atoms with Crippen molar-refractivity contribution in [3.05, 3.63) is 126 Å². The first-order valence-corrected chi connectivity index (χ1v) is 16.2. The molecule has 45 heavy (non-hydrogen) atoms. The van der Waals surface area contributed by atoms with Crippen LogP contribution in [0.5, 0.6) is 23.0 Å². The Labute approximate surface area is 265 Å². The number of aryl methyl sites for hydroxylation is 2. The number of hydrogen-bond donors (Lipinski definition) is 1. The molecule has 8 aromatic rings. The van der Waals surface area contributed by atoms with E-state index in [0.29, 0.717) is 18.1 Å². The van der Waals surface area contributed by atoms with Crippen LogP contribution in [0.2, 0.25) is 0 Å². The molecule has 0 radical (unpaired) electrons. The number of rotatable bonds is 8. The number of unbranched alkanes of at least 4 members (excludes halogenated alkanes) is 1. The van der Waals surface area contributed by atoms with E-state index in [1.807, 2.05) is 61.5 Å². The van der Waals surface area contributed by atoms with Crippen LogP contribution < -0.4 is 9.47 Å². The van der Waals surface area contributed by atoms with Crippen molar-refractivity contribution in [2.75, 3.05) is 6.61 Å². The topological polar surface area (TPSA) is 51.6 Å². The van der Waals surface area contributed by atoms with E-state index in [2.05, 4.69) is 65.6 Å². The Morgan fingerprint density at radius 1 is 0.644 bits per heavy atom. The molecule has 7 aromatic carbocycles. The number of nitrogens with zero attached hydrogens (tertiary/aromatic N) is 1. The third-order valence-electron chi connectivity index (χ3n) is 8.60. The van der Waals surface area contributed by atoms with Gasteiger partial charge in [0.05, 0.1) is 21.8 Å². The van der Waals surface area contributed by atoms with Gasteiger partial charge in [-0.25, -0.2) is 4.98 Å². The first kappa shape index (κ1) is 27.4. The summed E-state index contributed by atoms with van der Waals surface area (Å²) >= 11 is 1.66. The van der Waals surface area contributed by atoms with Crippen molar-refractivity contribution < 1.29 is 14.6 Å². The van der Waals surface area contributed by atoms with E-state index in [1.54, 1.807) is 11.3 Å². The molecular formula is C40H31NO3S. The Hall–Kier alpha value is -5.13. The molecule has 0 atom stereocenters. The van der Waals surface area contributed by atoms with Crippen LogP contribution in [-0.2, 0) is 6.42 Å². The van der Waals surface area contributed by atoms with Crippen molar-refractivity contribution in [2.45, 2.75) is 26.2 Å². The number of thiazole rings is 1. The highest BCUT2D eigenvalue weighted by Gasteiger charge is 2.18. The van der Waals surface area contributed by atoms with Gasteiger partial charge in [-0.05, 0) is 99.6 Å². The molecule has 1 N–H and O–H groups in total. The van der Waals surface area contributed by atoms with Crippen molar-refractivity contribution in [2.24, 2.45) is 0 Å². The Balaban J connectivity index is 1.21. The second kappa shape index (κ2) is 11.4. The Morgan fingerprint density at radius 2 is 1.36 bits per heavy atom. The highest BCUT2D eigenvalue weighted by molar-refractivity contribution is 7.18. The van der Waals surface area contributed by atoms with Crippen molar-refractivity contribution in [3.63, 3.8) is 0 Å². The Morgan fingerprint density at radius 3 is 2.20 bits per heavy atom. The maximum atomic E-state index is 11.6. The Bertz CT molecular complexity index is 2360. The fraction of sp³-hybridized carbons (Fsp3) is 0.125. The molecule has 0 bridgehead atoms. The number of benzene rings is 7. The quantitative estimate of drug-likeness (QED) is 0.138. The van der Waals surface area contributed by atoms with E-state index < -0.39 is 0 Å². The zero-order valence-corrected chi connectivity index (χ0v) is 25.7. The van der Waals surface area contributed by atoms with Crippen molar-refractivity contribution in [3.8, 4) is 23.0 Å². The molecule has 8 rings (SSSR count). The van der Waals surface area contributed by atoms with E-state index in [1.165, 1.54) is 26.9 Å². The number of phenols is 1. The zero-order valence-electron chi connectivity index (χ0n) is 24.9. The molecule has 0 fully saturated rings. The fourth-order valence-electron chi connectivity index (χ4n) is 6.50. The summed E-state index contributed by atoms with van der Waals surface area (Å²) in [7, 11) is 0. The number of ether oxygens (including phenoxy) is 2.